The van der Waals surface area contributed by atoms with Gasteiger partial charge in [0.25, 0.3) is 0 Å². The average Bonchev–Trinajstić information content (AvgIpc) is 3.11. The summed E-state index contributed by atoms with van der Waals surface area (Å²) in [6.07, 6.45) is 6.29. The SMILES string of the molecule is O=C(/C=C/c1ccccc1)Nc1ccc(N2CCCN(C(=O)Cc3ccccc3)CC2)nc1. The van der Waals surface area contributed by atoms with Crippen molar-refractivity contribution in [3.8, 4) is 0 Å². The van der Waals surface area contributed by atoms with Gasteiger partial charge in [-0.15, -0.1) is 0 Å². The molecule has 33 heavy (non-hydrogen) atoms. The van der Waals surface area contributed by atoms with Gasteiger partial charge in [0.1, 0.15) is 5.82 Å². The van der Waals surface area contributed by atoms with Crippen LogP contribution in [0.5, 0.6) is 0 Å². The van der Waals surface area contributed by atoms with E-state index in [0.29, 0.717) is 18.7 Å². The fraction of sp³-hybridized carbons (Fsp3) is 0.222. The van der Waals surface area contributed by atoms with Crippen molar-refractivity contribution in [1.29, 1.82) is 0 Å². The number of pyridine rings is 1. The molecule has 0 radical (unpaired) electrons. The first-order valence-electron chi connectivity index (χ1n) is 11.2. The number of hydrogen-bond donors (Lipinski definition) is 1. The van der Waals surface area contributed by atoms with Crippen molar-refractivity contribution in [2.45, 2.75) is 12.8 Å². The number of carbonyl (C=O) groups is 2. The summed E-state index contributed by atoms with van der Waals surface area (Å²) in [6, 6.07) is 23.3. The highest BCUT2D eigenvalue weighted by Gasteiger charge is 2.20. The van der Waals surface area contributed by atoms with E-state index in [1.807, 2.05) is 77.7 Å². The molecule has 0 unspecified atom stereocenters. The molecule has 1 fully saturated rings. The molecule has 2 heterocycles. The molecule has 168 valence electrons. The summed E-state index contributed by atoms with van der Waals surface area (Å²) in [4.78, 5) is 33.5. The fourth-order valence-corrected chi connectivity index (χ4v) is 3.85. The van der Waals surface area contributed by atoms with Crippen LogP contribution >= 0.6 is 0 Å². The van der Waals surface area contributed by atoms with Crippen molar-refractivity contribution in [2.75, 3.05) is 36.4 Å². The molecule has 0 bridgehead atoms. The molecular weight excluding hydrogens is 412 g/mol. The Balaban J connectivity index is 1.29. The quantitative estimate of drug-likeness (QED) is 0.588. The van der Waals surface area contributed by atoms with Crippen LogP contribution in [0.25, 0.3) is 6.08 Å². The van der Waals surface area contributed by atoms with Crippen LogP contribution in [0.2, 0.25) is 0 Å². The van der Waals surface area contributed by atoms with E-state index in [4.69, 9.17) is 0 Å². The van der Waals surface area contributed by atoms with Gasteiger partial charge >= 0.3 is 0 Å². The zero-order valence-electron chi connectivity index (χ0n) is 18.6. The molecule has 6 nitrogen and oxygen atoms in total. The van der Waals surface area contributed by atoms with Gasteiger partial charge in [-0.3, -0.25) is 9.59 Å². The van der Waals surface area contributed by atoms with E-state index in [2.05, 4.69) is 15.2 Å². The Labute approximate surface area is 194 Å². The zero-order chi connectivity index (χ0) is 22.9. The van der Waals surface area contributed by atoms with Gasteiger partial charge in [-0.25, -0.2) is 4.98 Å². The molecule has 1 saturated heterocycles. The van der Waals surface area contributed by atoms with Crippen molar-refractivity contribution in [3.05, 3.63) is 96.2 Å². The Morgan fingerprint density at radius 3 is 2.36 bits per heavy atom. The predicted octanol–water partition coefficient (Wildman–Crippen LogP) is 4.01. The Kier molecular flexibility index (Phi) is 7.48. The van der Waals surface area contributed by atoms with E-state index in [0.717, 1.165) is 43.0 Å². The molecule has 0 aliphatic carbocycles. The molecule has 2 amide bonds. The van der Waals surface area contributed by atoms with Crippen LogP contribution in [0.1, 0.15) is 17.5 Å². The van der Waals surface area contributed by atoms with Gasteiger partial charge in [0.15, 0.2) is 0 Å². The number of nitrogens with zero attached hydrogens (tertiary/aromatic N) is 3. The summed E-state index contributed by atoms with van der Waals surface area (Å²) in [7, 11) is 0. The first-order chi connectivity index (χ1) is 16.2. The van der Waals surface area contributed by atoms with Gasteiger partial charge in [0.05, 0.1) is 18.3 Å². The fourth-order valence-electron chi connectivity index (χ4n) is 3.85. The van der Waals surface area contributed by atoms with E-state index in [1.165, 1.54) is 6.08 Å². The number of aromatic nitrogens is 1. The molecule has 1 aliphatic rings. The van der Waals surface area contributed by atoms with Crippen LogP contribution in [-0.4, -0.2) is 47.9 Å². The first-order valence-corrected chi connectivity index (χ1v) is 11.2. The highest BCUT2D eigenvalue weighted by atomic mass is 16.2. The number of amides is 2. The van der Waals surface area contributed by atoms with Crippen LogP contribution in [0.3, 0.4) is 0 Å². The van der Waals surface area contributed by atoms with Crippen LogP contribution in [0, 0.1) is 0 Å². The van der Waals surface area contributed by atoms with E-state index in [9.17, 15) is 9.59 Å². The largest absolute Gasteiger partial charge is 0.355 e. The summed E-state index contributed by atoms with van der Waals surface area (Å²) >= 11 is 0. The summed E-state index contributed by atoms with van der Waals surface area (Å²) in [5.41, 5.74) is 2.66. The van der Waals surface area contributed by atoms with Crippen molar-refractivity contribution >= 4 is 29.4 Å². The normalized spacial score (nSPS) is 14.2. The number of benzene rings is 2. The second-order valence-electron chi connectivity index (χ2n) is 8.02. The van der Waals surface area contributed by atoms with Crippen molar-refractivity contribution in [2.24, 2.45) is 0 Å². The maximum atomic E-state index is 12.7. The number of nitrogens with one attached hydrogen (secondary N) is 1. The van der Waals surface area contributed by atoms with E-state index >= 15 is 0 Å². The van der Waals surface area contributed by atoms with E-state index in [-0.39, 0.29) is 11.8 Å². The third kappa shape index (κ3) is 6.53. The maximum Gasteiger partial charge on any atom is 0.248 e. The Bertz CT molecular complexity index is 1080. The van der Waals surface area contributed by atoms with E-state index in [1.54, 1.807) is 12.3 Å². The smallest absolute Gasteiger partial charge is 0.248 e. The molecular formula is C27H28N4O2. The highest BCUT2D eigenvalue weighted by molar-refractivity contribution is 6.01. The van der Waals surface area contributed by atoms with Crippen molar-refractivity contribution in [1.82, 2.24) is 9.88 Å². The average molecular weight is 441 g/mol. The zero-order valence-corrected chi connectivity index (χ0v) is 18.6. The highest BCUT2D eigenvalue weighted by Crippen LogP contribution is 2.17. The molecule has 3 aromatic rings. The molecule has 0 spiro atoms. The third-order valence-corrected chi connectivity index (χ3v) is 5.61. The van der Waals surface area contributed by atoms with Crippen LogP contribution in [0.15, 0.2) is 85.1 Å². The topological polar surface area (TPSA) is 65.5 Å². The monoisotopic (exact) mass is 440 g/mol. The lowest BCUT2D eigenvalue weighted by atomic mass is 10.1. The minimum Gasteiger partial charge on any atom is -0.355 e. The lowest BCUT2D eigenvalue weighted by Gasteiger charge is -2.23. The van der Waals surface area contributed by atoms with Gasteiger partial charge in [-0.2, -0.15) is 0 Å². The summed E-state index contributed by atoms with van der Waals surface area (Å²) in [6.45, 7) is 3.01. The molecule has 1 aliphatic heterocycles. The van der Waals surface area contributed by atoms with Crippen LogP contribution < -0.4 is 10.2 Å². The minimum absolute atomic E-state index is 0.164. The molecule has 0 atom stereocenters. The molecule has 1 aromatic heterocycles. The van der Waals surface area contributed by atoms with Gasteiger partial charge in [0.2, 0.25) is 11.8 Å². The molecule has 6 heteroatoms. The summed E-state index contributed by atoms with van der Waals surface area (Å²) in [5, 5.41) is 2.84. The second kappa shape index (κ2) is 11.1. The number of hydrogen-bond acceptors (Lipinski definition) is 4. The Hall–Kier alpha value is -3.93. The minimum atomic E-state index is -0.198. The Morgan fingerprint density at radius 1 is 0.879 bits per heavy atom. The summed E-state index contributed by atoms with van der Waals surface area (Å²) < 4.78 is 0. The Morgan fingerprint density at radius 2 is 1.64 bits per heavy atom. The first kappa shape index (κ1) is 22.3. The molecule has 1 N–H and O–H groups in total. The van der Waals surface area contributed by atoms with Gasteiger partial charge in [-0.05, 0) is 35.8 Å². The third-order valence-electron chi connectivity index (χ3n) is 5.61. The van der Waals surface area contributed by atoms with Crippen LogP contribution in [0.4, 0.5) is 11.5 Å². The standard InChI is InChI=1S/C27H28N4O2/c32-26(15-12-22-8-3-1-4-9-22)29-24-13-14-25(28-21-24)30-16-7-17-31(19-18-30)27(33)20-23-10-5-2-6-11-23/h1-6,8-15,21H,7,16-20H2,(H,29,32)/b15-12+. The van der Waals surface area contributed by atoms with Gasteiger partial charge in [0, 0.05) is 32.3 Å². The van der Waals surface area contributed by atoms with Gasteiger partial charge < -0.3 is 15.1 Å². The van der Waals surface area contributed by atoms with Gasteiger partial charge in [-0.1, -0.05) is 60.7 Å². The van der Waals surface area contributed by atoms with E-state index < -0.39 is 0 Å². The predicted molar refractivity (Wildman–Crippen MR) is 132 cm³/mol. The molecule has 4 rings (SSSR count). The molecule has 2 aromatic carbocycles. The lowest BCUT2D eigenvalue weighted by molar-refractivity contribution is -0.130. The molecule has 0 saturated carbocycles. The number of carbonyl (C=O) groups excluding carboxylic acids is 2. The summed E-state index contributed by atoms with van der Waals surface area (Å²) in [5.74, 6) is 0.818. The lowest BCUT2D eigenvalue weighted by Crippen LogP contribution is -2.36. The number of rotatable bonds is 6. The maximum absolute atomic E-state index is 12.7. The number of anilines is 2. The van der Waals surface area contributed by atoms with Crippen molar-refractivity contribution in [3.63, 3.8) is 0 Å². The second-order valence-corrected chi connectivity index (χ2v) is 8.02. The van der Waals surface area contributed by atoms with Crippen molar-refractivity contribution < 1.29 is 9.59 Å². The van der Waals surface area contributed by atoms with Crippen LogP contribution in [-0.2, 0) is 16.0 Å².